The van der Waals surface area contributed by atoms with Gasteiger partial charge in [0.25, 0.3) is 0 Å². The monoisotopic (exact) mass is 288 g/mol. The van der Waals surface area contributed by atoms with Crippen LogP contribution in [-0.2, 0) is 0 Å². The van der Waals surface area contributed by atoms with Crippen molar-refractivity contribution in [1.82, 2.24) is 0 Å². The van der Waals surface area contributed by atoms with E-state index >= 15 is 0 Å². The quantitative estimate of drug-likeness (QED) is 0.888. The Balaban J connectivity index is 2.29. The molecule has 5 heteroatoms. The fourth-order valence-electron chi connectivity index (χ4n) is 2.07. The van der Waals surface area contributed by atoms with E-state index in [0.717, 1.165) is 5.56 Å². The number of hydrogen-bond donors (Lipinski definition) is 2. The molecular formula is C16H17FN2O2. The zero-order valence-electron chi connectivity index (χ0n) is 11.9. The summed E-state index contributed by atoms with van der Waals surface area (Å²) in [6, 6.07) is 11.1. The third-order valence-electron chi connectivity index (χ3n) is 3.20. The molecule has 0 aliphatic carbocycles. The first-order valence-electron chi connectivity index (χ1n) is 6.51. The van der Waals surface area contributed by atoms with Crippen molar-refractivity contribution in [3.05, 3.63) is 59.4 Å². The maximum Gasteiger partial charge on any atom is 0.248 e. The van der Waals surface area contributed by atoms with Crippen molar-refractivity contribution in [2.45, 2.75) is 13.0 Å². The first kappa shape index (κ1) is 14.8. The largest absolute Gasteiger partial charge is 0.495 e. The van der Waals surface area contributed by atoms with Crippen molar-refractivity contribution < 1.29 is 13.9 Å². The standard InChI is InChI=1S/C16H17FN2O2/c1-10(11-4-3-5-13(17)8-11)19-14-9-12(16(18)20)6-7-15(14)21-2/h3-10,19H,1-2H3,(H2,18,20). The van der Waals surface area contributed by atoms with Gasteiger partial charge in [-0.1, -0.05) is 12.1 Å². The van der Waals surface area contributed by atoms with E-state index in [2.05, 4.69) is 5.32 Å². The Morgan fingerprint density at radius 2 is 2.05 bits per heavy atom. The number of primary amides is 1. The van der Waals surface area contributed by atoms with Gasteiger partial charge in [-0.15, -0.1) is 0 Å². The van der Waals surface area contributed by atoms with Crippen LogP contribution in [0.2, 0.25) is 0 Å². The zero-order valence-corrected chi connectivity index (χ0v) is 11.9. The van der Waals surface area contributed by atoms with Crippen molar-refractivity contribution in [2.24, 2.45) is 5.73 Å². The van der Waals surface area contributed by atoms with Crippen molar-refractivity contribution in [3.63, 3.8) is 0 Å². The number of benzene rings is 2. The maximum absolute atomic E-state index is 13.3. The van der Waals surface area contributed by atoms with E-state index < -0.39 is 5.91 Å². The number of carbonyl (C=O) groups excluding carboxylic acids is 1. The van der Waals surface area contributed by atoms with E-state index in [0.29, 0.717) is 17.0 Å². The van der Waals surface area contributed by atoms with Crippen LogP contribution in [-0.4, -0.2) is 13.0 Å². The molecule has 1 unspecified atom stereocenters. The number of rotatable bonds is 5. The Hall–Kier alpha value is -2.56. The lowest BCUT2D eigenvalue weighted by molar-refractivity contribution is 0.100. The normalized spacial score (nSPS) is 11.8. The highest BCUT2D eigenvalue weighted by Gasteiger charge is 2.12. The van der Waals surface area contributed by atoms with E-state index in [1.807, 2.05) is 13.0 Å². The summed E-state index contributed by atoms with van der Waals surface area (Å²) in [4.78, 5) is 11.3. The second kappa shape index (κ2) is 6.26. The Morgan fingerprint density at radius 1 is 1.29 bits per heavy atom. The molecule has 0 radical (unpaired) electrons. The van der Waals surface area contributed by atoms with Crippen LogP contribution in [0.25, 0.3) is 0 Å². The number of anilines is 1. The Labute approximate surface area is 122 Å². The summed E-state index contributed by atoms with van der Waals surface area (Å²) in [5.41, 5.74) is 7.08. The van der Waals surface area contributed by atoms with Gasteiger partial charge in [0.2, 0.25) is 5.91 Å². The SMILES string of the molecule is COc1ccc(C(N)=O)cc1NC(C)c1cccc(F)c1. The van der Waals surface area contributed by atoms with Crippen LogP contribution in [0.1, 0.15) is 28.9 Å². The predicted molar refractivity (Wildman–Crippen MR) is 79.9 cm³/mol. The zero-order chi connectivity index (χ0) is 15.4. The molecule has 0 aliphatic heterocycles. The Bertz CT molecular complexity index is 658. The van der Waals surface area contributed by atoms with E-state index in [4.69, 9.17) is 10.5 Å². The minimum atomic E-state index is -0.515. The highest BCUT2D eigenvalue weighted by atomic mass is 19.1. The van der Waals surface area contributed by atoms with Crippen molar-refractivity contribution in [3.8, 4) is 5.75 Å². The van der Waals surface area contributed by atoms with Crippen LogP contribution in [0.3, 0.4) is 0 Å². The summed E-state index contributed by atoms with van der Waals surface area (Å²) in [6.07, 6.45) is 0. The molecule has 21 heavy (non-hydrogen) atoms. The van der Waals surface area contributed by atoms with E-state index in [9.17, 15) is 9.18 Å². The number of nitrogens with one attached hydrogen (secondary N) is 1. The van der Waals surface area contributed by atoms with Crippen LogP contribution >= 0.6 is 0 Å². The van der Waals surface area contributed by atoms with Crippen LogP contribution in [0.15, 0.2) is 42.5 Å². The van der Waals surface area contributed by atoms with Crippen molar-refractivity contribution in [1.29, 1.82) is 0 Å². The summed E-state index contributed by atoms with van der Waals surface area (Å²) in [5, 5.41) is 3.20. The molecule has 0 bridgehead atoms. The number of halogens is 1. The molecule has 0 fully saturated rings. The molecule has 2 aromatic carbocycles. The molecule has 2 aromatic rings. The predicted octanol–water partition coefficient (Wildman–Crippen LogP) is 3.11. The highest BCUT2D eigenvalue weighted by molar-refractivity contribution is 5.94. The van der Waals surface area contributed by atoms with Gasteiger partial charge in [-0.2, -0.15) is 0 Å². The lowest BCUT2D eigenvalue weighted by Crippen LogP contribution is -2.13. The highest BCUT2D eigenvalue weighted by Crippen LogP contribution is 2.29. The number of methoxy groups -OCH3 is 1. The number of hydrogen-bond acceptors (Lipinski definition) is 3. The molecule has 4 nitrogen and oxygen atoms in total. The summed E-state index contributed by atoms with van der Waals surface area (Å²) in [7, 11) is 1.54. The molecule has 110 valence electrons. The Kier molecular flexibility index (Phi) is 4.42. The summed E-state index contributed by atoms with van der Waals surface area (Å²) in [6.45, 7) is 1.89. The number of nitrogens with two attached hydrogens (primary N) is 1. The fraction of sp³-hybridized carbons (Fsp3) is 0.188. The van der Waals surface area contributed by atoms with E-state index in [1.165, 1.54) is 19.2 Å². The first-order chi connectivity index (χ1) is 10.0. The van der Waals surface area contributed by atoms with Crippen molar-refractivity contribution in [2.75, 3.05) is 12.4 Å². The molecular weight excluding hydrogens is 271 g/mol. The molecule has 0 saturated heterocycles. The minimum absolute atomic E-state index is 0.155. The third-order valence-corrected chi connectivity index (χ3v) is 3.20. The Morgan fingerprint density at radius 3 is 2.67 bits per heavy atom. The van der Waals surface area contributed by atoms with Gasteiger partial charge in [-0.05, 0) is 42.8 Å². The van der Waals surface area contributed by atoms with Crippen LogP contribution in [0.5, 0.6) is 5.75 Å². The summed E-state index contributed by atoms with van der Waals surface area (Å²) < 4.78 is 18.5. The topological polar surface area (TPSA) is 64.3 Å². The molecule has 0 aromatic heterocycles. The first-order valence-corrected chi connectivity index (χ1v) is 6.51. The molecule has 0 spiro atoms. The van der Waals surface area contributed by atoms with Crippen LogP contribution < -0.4 is 15.8 Å². The minimum Gasteiger partial charge on any atom is -0.495 e. The van der Waals surface area contributed by atoms with E-state index in [1.54, 1.807) is 24.3 Å². The lowest BCUT2D eigenvalue weighted by Gasteiger charge is -2.18. The summed E-state index contributed by atoms with van der Waals surface area (Å²) in [5.74, 6) is -0.221. The molecule has 0 heterocycles. The fourth-order valence-corrected chi connectivity index (χ4v) is 2.07. The molecule has 0 aliphatic rings. The van der Waals surface area contributed by atoms with Gasteiger partial charge in [0, 0.05) is 11.6 Å². The second-order valence-electron chi connectivity index (χ2n) is 4.70. The third kappa shape index (κ3) is 3.51. The van der Waals surface area contributed by atoms with Gasteiger partial charge in [0.15, 0.2) is 0 Å². The molecule has 1 amide bonds. The lowest BCUT2D eigenvalue weighted by atomic mass is 10.1. The van der Waals surface area contributed by atoms with Crippen LogP contribution in [0.4, 0.5) is 10.1 Å². The number of ether oxygens (including phenoxy) is 1. The molecule has 2 rings (SSSR count). The van der Waals surface area contributed by atoms with Gasteiger partial charge < -0.3 is 15.8 Å². The van der Waals surface area contributed by atoms with Crippen molar-refractivity contribution >= 4 is 11.6 Å². The average molecular weight is 288 g/mol. The second-order valence-corrected chi connectivity index (χ2v) is 4.70. The van der Waals surface area contributed by atoms with E-state index in [-0.39, 0.29) is 11.9 Å². The van der Waals surface area contributed by atoms with Crippen LogP contribution in [0, 0.1) is 5.82 Å². The van der Waals surface area contributed by atoms with Gasteiger partial charge in [-0.25, -0.2) is 4.39 Å². The van der Waals surface area contributed by atoms with Gasteiger partial charge in [0.05, 0.1) is 12.8 Å². The van der Waals surface area contributed by atoms with Gasteiger partial charge in [0.1, 0.15) is 11.6 Å². The number of carbonyl (C=O) groups is 1. The summed E-state index contributed by atoms with van der Waals surface area (Å²) >= 11 is 0. The molecule has 0 saturated carbocycles. The average Bonchev–Trinajstić information content (AvgIpc) is 2.47. The van der Waals surface area contributed by atoms with Gasteiger partial charge in [-0.3, -0.25) is 4.79 Å². The maximum atomic E-state index is 13.3. The molecule has 1 atom stereocenters. The smallest absolute Gasteiger partial charge is 0.248 e. The molecule has 3 N–H and O–H groups in total. The van der Waals surface area contributed by atoms with Gasteiger partial charge >= 0.3 is 0 Å². The number of amides is 1.